The Morgan fingerprint density at radius 2 is 2.20 bits per heavy atom. The van der Waals surface area contributed by atoms with Crippen molar-refractivity contribution in [2.45, 2.75) is 6.92 Å². The van der Waals surface area contributed by atoms with Gasteiger partial charge in [-0.2, -0.15) is 0 Å². The van der Waals surface area contributed by atoms with Gasteiger partial charge in [0, 0.05) is 11.6 Å². The first-order valence-electron chi connectivity index (χ1n) is 2.65. The van der Waals surface area contributed by atoms with Gasteiger partial charge < -0.3 is 4.74 Å². The molecule has 0 aromatic carbocycles. The van der Waals surface area contributed by atoms with Gasteiger partial charge >= 0.3 is 5.97 Å². The molecule has 0 spiro atoms. The third kappa shape index (κ3) is 3.60. The largest absolute Gasteiger partial charge is 0.431 e. The number of carbonyl (C=O) groups is 2. The Morgan fingerprint density at radius 1 is 1.60 bits per heavy atom. The van der Waals surface area contributed by atoms with Crippen LogP contribution in [0.5, 0.6) is 0 Å². The smallest absolute Gasteiger partial charge is 0.337 e. The molecule has 3 heteroatoms. The minimum Gasteiger partial charge on any atom is -0.431 e. The van der Waals surface area contributed by atoms with Crippen LogP contribution in [-0.2, 0) is 14.3 Å². The lowest BCUT2D eigenvalue weighted by Gasteiger charge is -1.93. The van der Waals surface area contributed by atoms with E-state index in [2.05, 4.69) is 11.3 Å². The van der Waals surface area contributed by atoms with Gasteiger partial charge in [-0.3, -0.25) is 4.79 Å². The molecule has 0 radical (unpaired) electrons. The summed E-state index contributed by atoms with van der Waals surface area (Å²) in [5, 5.41) is 0. The van der Waals surface area contributed by atoms with Crippen LogP contribution in [0.2, 0.25) is 0 Å². The number of carbonyl (C=O) groups excluding carboxylic acids is 2. The molecule has 0 aromatic rings. The van der Waals surface area contributed by atoms with Crippen molar-refractivity contribution in [3.8, 4) is 0 Å². The van der Waals surface area contributed by atoms with E-state index in [1.807, 2.05) is 0 Å². The molecule has 0 atom stereocenters. The molecule has 0 aliphatic heterocycles. The van der Waals surface area contributed by atoms with Crippen molar-refractivity contribution in [2.24, 2.45) is 0 Å². The topological polar surface area (TPSA) is 43.4 Å². The van der Waals surface area contributed by atoms with Crippen molar-refractivity contribution in [1.82, 2.24) is 0 Å². The first-order valence-corrected chi connectivity index (χ1v) is 2.65. The van der Waals surface area contributed by atoms with Gasteiger partial charge in [-0.05, 0) is 6.92 Å². The second-order valence-electron chi connectivity index (χ2n) is 1.65. The maximum atomic E-state index is 10.5. The molecule has 0 amide bonds. The molecule has 0 aromatic heterocycles. The second kappa shape index (κ2) is 4.49. The fraction of sp³-hybridized carbons (Fsp3) is 0.143. The van der Waals surface area contributed by atoms with Crippen LogP contribution in [0, 0.1) is 0 Å². The SMILES string of the molecule is C=C(C)C(=O)OC=CC=O. The number of esters is 1. The van der Waals surface area contributed by atoms with Gasteiger partial charge in [-0.25, -0.2) is 4.79 Å². The lowest BCUT2D eigenvalue weighted by molar-refractivity contribution is -0.133. The third-order valence-corrected chi connectivity index (χ3v) is 0.681. The van der Waals surface area contributed by atoms with E-state index < -0.39 is 5.97 Å². The highest BCUT2D eigenvalue weighted by Crippen LogP contribution is 1.91. The maximum absolute atomic E-state index is 10.5. The molecule has 0 aliphatic carbocycles. The number of aldehydes is 1. The summed E-state index contributed by atoms with van der Waals surface area (Å²) in [6.45, 7) is 4.86. The molecule has 0 heterocycles. The summed E-state index contributed by atoms with van der Waals surface area (Å²) in [7, 11) is 0. The van der Waals surface area contributed by atoms with Gasteiger partial charge in [-0.15, -0.1) is 0 Å². The van der Waals surface area contributed by atoms with Crippen LogP contribution in [-0.4, -0.2) is 12.3 Å². The van der Waals surface area contributed by atoms with Crippen LogP contribution >= 0.6 is 0 Å². The first kappa shape index (κ1) is 8.62. The number of rotatable bonds is 3. The summed E-state index contributed by atoms with van der Waals surface area (Å²) in [4.78, 5) is 20.2. The molecule has 0 saturated carbocycles. The van der Waals surface area contributed by atoms with Gasteiger partial charge in [0.25, 0.3) is 0 Å². The number of allylic oxidation sites excluding steroid dienone is 1. The molecule has 0 rings (SSSR count). The van der Waals surface area contributed by atoms with Crippen molar-refractivity contribution < 1.29 is 14.3 Å². The first-order chi connectivity index (χ1) is 4.68. The molecule has 54 valence electrons. The highest BCUT2D eigenvalue weighted by molar-refractivity contribution is 5.87. The Hall–Kier alpha value is -1.38. The Morgan fingerprint density at radius 3 is 2.60 bits per heavy atom. The zero-order chi connectivity index (χ0) is 7.98. The quantitative estimate of drug-likeness (QED) is 0.252. The van der Waals surface area contributed by atoms with E-state index in [-0.39, 0.29) is 0 Å². The van der Waals surface area contributed by atoms with Gasteiger partial charge in [0.2, 0.25) is 0 Å². The van der Waals surface area contributed by atoms with Crippen LogP contribution < -0.4 is 0 Å². The van der Waals surface area contributed by atoms with E-state index in [0.717, 1.165) is 12.3 Å². The van der Waals surface area contributed by atoms with Crippen LogP contribution in [0.4, 0.5) is 0 Å². The lowest BCUT2D eigenvalue weighted by atomic mass is 10.4. The highest BCUT2D eigenvalue weighted by atomic mass is 16.5. The van der Waals surface area contributed by atoms with Crippen LogP contribution in [0.1, 0.15) is 6.92 Å². The Balaban J connectivity index is 3.70. The van der Waals surface area contributed by atoms with Crippen LogP contribution in [0.25, 0.3) is 0 Å². The van der Waals surface area contributed by atoms with Crippen molar-refractivity contribution in [3.63, 3.8) is 0 Å². The minimum atomic E-state index is -0.530. The number of hydrogen-bond donors (Lipinski definition) is 0. The van der Waals surface area contributed by atoms with Crippen molar-refractivity contribution in [3.05, 3.63) is 24.5 Å². The molecule has 0 aliphatic rings. The summed E-state index contributed by atoms with van der Waals surface area (Å²) >= 11 is 0. The van der Waals surface area contributed by atoms with Crippen molar-refractivity contribution >= 4 is 12.3 Å². The van der Waals surface area contributed by atoms with E-state index >= 15 is 0 Å². The van der Waals surface area contributed by atoms with Gasteiger partial charge in [-0.1, -0.05) is 6.58 Å². The summed E-state index contributed by atoms with van der Waals surface area (Å²) in [5.41, 5.74) is 0.301. The van der Waals surface area contributed by atoms with E-state index in [0.29, 0.717) is 11.9 Å². The normalized spacial score (nSPS) is 9.30. The zero-order valence-electron chi connectivity index (χ0n) is 5.66. The number of hydrogen-bond acceptors (Lipinski definition) is 3. The summed E-state index contributed by atoms with van der Waals surface area (Å²) < 4.78 is 4.39. The second-order valence-corrected chi connectivity index (χ2v) is 1.65. The molecule has 3 nitrogen and oxygen atoms in total. The molecule has 0 saturated heterocycles. The van der Waals surface area contributed by atoms with Gasteiger partial charge in [0.15, 0.2) is 0 Å². The predicted molar refractivity (Wildman–Crippen MR) is 36.1 cm³/mol. The fourth-order valence-electron chi connectivity index (χ4n) is 0.234. The van der Waals surface area contributed by atoms with E-state index in [1.165, 1.54) is 6.92 Å². The standard InChI is InChI=1S/C7H8O3/c1-6(2)7(9)10-5-3-4-8/h3-5H,1H2,2H3. The van der Waals surface area contributed by atoms with Crippen molar-refractivity contribution in [1.29, 1.82) is 0 Å². The molecule has 0 N–H and O–H groups in total. The van der Waals surface area contributed by atoms with Crippen molar-refractivity contribution in [2.75, 3.05) is 0 Å². The highest BCUT2D eigenvalue weighted by Gasteiger charge is 1.97. The van der Waals surface area contributed by atoms with E-state index in [4.69, 9.17) is 0 Å². The summed E-state index contributed by atoms with van der Waals surface area (Å²) in [6.07, 6.45) is 2.62. The van der Waals surface area contributed by atoms with Gasteiger partial charge in [0.1, 0.15) is 6.29 Å². The minimum absolute atomic E-state index is 0.301. The molecule has 0 fully saturated rings. The molecule has 0 bridgehead atoms. The molecular weight excluding hydrogens is 132 g/mol. The predicted octanol–water partition coefficient (Wildman–Crippen LogP) is 0.818. The van der Waals surface area contributed by atoms with E-state index in [1.54, 1.807) is 0 Å². The molecule has 10 heavy (non-hydrogen) atoms. The maximum Gasteiger partial charge on any atom is 0.337 e. The summed E-state index contributed by atoms with van der Waals surface area (Å²) in [6, 6.07) is 0. The summed E-state index contributed by atoms with van der Waals surface area (Å²) in [5.74, 6) is -0.530. The monoisotopic (exact) mass is 140 g/mol. The van der Waals surface area contributed by atoms with E-state index in [9.17, 15) is 9.59 Å². The Labute approximate surface area is 59.0 Å². The third-order valence-electron chi connectivity index (χ3n) is 0.681. The van der Waals surface area contributed by atoms with Crippen LogP contribution in [0.3, 0.4) is 0 Å². The molecular formula is C7H8O3. The Kier molecular flexibility index (Phi) is 3.87. The average Bonchev–Trinajstić information content (AvgIpc) is 1.88. The average molecular weight is 140 g/mol. The fourth-order valence-corrected chi connectivity index (χ4v) is 0.234. The lowest BCUT2D eigenvalue weighted by Crippen LogP contribution is -1.98. The van der Waals surface area contributed by atoms with Gasteiger partial charge in [0.05, 0.1) is 6.26 Å². The Bertz CT molecular complexity index is 179. The van der Waals surface area contributed by atoms with Crippen LogP contribution in [0.15, 0.2) is 24.5 Å². The molecule has 0 unspecified atom stereocenters. The number of ether oxygens (including phenoxy) is 1. The zero-order valence-corrected chi connectivity index (χ0v) is 5.66.